The topological polar surface area (TPSA) is 87.9 Å². The normalized spacial score (nSPS) is 12.9. The van der Waals surface area contributed by atoms with Gasteiger partial charge in [-0.1, -0.05) is 11.6 Å². The van der Waals surface area contributed by atoms with E-state index in [2.05, 4.69) is 0 Å². The fraction of sp³-hybridized carbons (Fsp3) is 0.188. The van der Waals surface area contributed by atoms with Crippen LogP contribution in [0.4, 0.5) is 5.69 Å². The third kappa shape index (κ3) is 3.32. The van der Waals surface area contributed by atoms with Crippen LogP contribution in [0.15, 0.2) is 30.3 Å². The molecule has 2 aromatic carbocycles. The minimum atomic E-state index is -0.571. The molecule has 2 aromatic rings. The molecule has 0 saturated carbocycles. The van der Waals surface area contributed by atoms with Crippen LogP contribution >= 0.6 is 11.6 Å². The maximum Gasteiger partial charge on any atom is 0.270 e. The van der Waals surface area contributed by atoms with Crippen molar-refractivity contribution in [2.75, 3.05) is 6.79 Å². The number of rotatable bonds is 5. The van der Waals surface area contributed by atoms with E-state index >= 15 is 0 Å². The molecule has 124 valence electrons. The fourth-order valence-corrected chi connectivity index (χ4v) is 2.66. The minimum Gasteiger partial charge on any atom is -0.488 e. The molecule has 0 bridgehead atoms. The maximum atomic E-state index is 11.1. The van der Waals surface area contributed by atoms with Crippen LogP contribution in [-0.2, 0) is 18.0 Å². The molecule has 0 aliphatic carbocycles. The predicted molar refractivity (Wildman–Crippen MR) is 84.6 cm³/mol. The molecule has 0 unspecified atom stereocenters. The van der Waals surface area contributed by atoms with Gasteiger partial charge in [-0.25, -0.2) is 0 Å². The molecule has 0 aromatic heterocycles. The number of hydrogen-bond donors (Lipinski definition) is 0. The number of aldehydes is 1. The van der Waals surface area contributed by atoms with Crippen molar-refractivity contribution in [3.05, 3.63) is 62.2 Å². The number of fused-ring (bicyclic) bond motifs is 1. The Balaban J connectivity index is 1.85. The van der Waals surface area contributed by atoms with Gasteiger partial charge in [0, 0.05) is 28.3 Å². The number of nitro benzene ring substituents is 1. The molecule has 1 heterocycles. The number of benzene rings is 2. The van der Waals surface area contributed by atoms with Gasteiger partial charge in [0.15, 0.2) is 13.1 Å². The number of carbonyl (C=O) groups excluding carboxylic acids is 1. The number of hydrogen-bond acceptors (Lipinski definition) is 6. The molecule has 0 fully saturated rings. The monoisotopic (exact) mass is 349 g/mol. The second kappa shape index (κ2) is 6.86. The van der Waals surface area contributed by atoms with Gasteiger partial charge in [-0.05, 0) is 18.2 Å². The summed E-state index contributed by atoms with van der Waals surface area (Å²) in [5.74, 6) is 0.886. The summed E-state index contributed by atoms with van der Waals surface area (Å²) in [6.45, 7) is 0.625. The van der Waals surface area contributed by atoms with Crippen molar-refractivity contribution >= 4 is 23.6 Å². The summed E-state index contributed by atoms with van der Waals surface area (Å²) in [4.78, 5) is 21.3. The molecular formula is C16H12ClNO6. The standard InChI is InChI=1S/C16H12ClNO6/c17-13-3-11-7-22-9-24-16(11)12(4-13)8-23-15-2-1-14(18(20)21)5-10(15)6-19/h1-6H,7-9H2. The molecule has 3 rings (SSSR count). The number of nitrogens with zero attached hydrogens (tertiary/aromatic N) is 1. The van der Waals surface area contributed by atoms with E-state index in [1.807, 2.05) is 0 Å². The van der Waals surface area contributed by atoms with Crippen molar-refractivity contribution in [3.63, 3.8) is 0 Å². The molecule has 8 heteroatoms. The zero-order valence-corrected chi connectivity index (χ0v) is 13.1. The van der Waals surface area contributed by atoms with Crippen LogP contribution in [0.5, 0.6) is 11.5 Å². The molecule has 0 atom stereocenters. The Morgan fingerprint density at radius 2 is 2.17 bits per heavy atom. The first-order chi connectivity index (χ1) is 11.6. The van der Waals surface area contributed by atoms with E-state index in [0.29, 0.717) is 29.2 Å². The zero-order valence-electron chi connectivity index (χ0n) is 12.4. The van der Waals surface area contributed by atoms with Crippen LogP contribution < -0.4 is 9.47 Å². The molecule has 1 aliphatic heterocycles. The van der Waals surface area contributed by atoms with Gasteiger partial charge < -0.3 is 14.2 Å². The van der Waals surface area contributed by atoms with Gasteiger partial charge in [-0.3, -0.25) is 14.9 Å². The summed E-state index contributed by atoms with van der Waals surface area (Å²) in [6.07, 6.45) is 0.514. The molecule has 1 aliphatic rings. The molecule has 7 nitrogen and oxygen atoms in total. The third-order valence-corrected chi connectivity index (χ3v) is 3.68. The lowest BCUT2D eigenvalue weighted by atomic mass is 10.1. The van der Waals surface area contributed by atoms with Gasteiger partial charge in [0.2, 0.25) is 0 Å². The lowest BCUT2D eigenvalue weighted by Gasteiger charge is -2.21. The summed E-state index contributed by atoms with van der Waals surface area (Å²) >= 11 is 6.08. The van der Waals surface area contributed by atoms with Crippen molar-refractivity contribution in [2.45, 2.75) is 13.2 Å². The molecule has 24 heavy (non-hydrogen) atoms. The van der Waals surface area contributed by atoms with E-state index in [0.717, 1.165) is 5.56 Å². The predicted octanol–water partition coefficient (Wildman–Crippen LogP) is 3.51. The van der Waals surface area contributed by atoms with Crippen LogP contribution in [0.3, 0.4) is 0 Å². The Bertz CT molecular complexity index is 807. The number of non-ortho nitro benzene ring substituents is 1. The second-order valence-corrected chi connectivity index (χ2v) is 5.49. The Hall–Kier alpha value is -2.64. The van der Waals surface area contributed by atoms with E-state index < -0.39 is 4.92 Å². The van der Waals surface area contributed by atoms with Gasteiger partial charge in [0.05, 0.1) is 17.1 Å². The fourth-order valence-electron chi connectivity index (χ4n) is 2.39. The smallest absolute Gasteiger partial charge is 0.270 e. The summed E-state index contributed by atoms with van der Waals surface area (Å²) in [6, 6.07) is 7.29. The summed E-state index contributed by atoms with van der Waals surface area (Å²) in [5.41, 5.74) is 1.44. The highest BCUT2D eigenvalue weighted by Gasteiger charge is 2.18. The first kappa shape index (κ1) is 16.2. The summed E-state index contributed by atoms with van der Waals surface area (Å²) in [7, 11) is 0. The van der Waals surface area contributed by atoms with Crippen molar-refractivity contribution in [1.29, 1.82) is 0 Å². The van der Waals surface area contributed by atoms with Crippen molar-refractivity contribution < 1.29 is 23.9 Å². The lowest BCUT2D eigenvalue weighted by molar-refractivity contribution is -0.384. The molecular weight excluding hydrogens is 338 g/mol. The maximum absolute atomic E-state index is 11.1. The first-order valence-electron chi connectivity index (χ1n) is 6.96. The van der Waals surface area contributed by atoms with E-state index in [1.165, 1.54) is 18.2 Å². The lowest BCUT2D eigenvalue weighted by Crippen LogP contribution is -2.14. The average Bonchev–Trinajstić information content (AvgIpc) is 2.59. The molecule has 0 saturated heterocycles. The Kier molecular flexibility index (Phi) is 4.64. The second-order valence-electron chi connectivity index (χ2n) is 5.05. The highest BCUT2D eigenvalue weighted by molar-refractivity contribution is 6.30. The van der Waals surface area contributed by atoms with Gasteiger partial charge >= 0.3 is 0 Å². The van der Waals surface area contributed by atoms with Crippen LogP contribution in [0.1, 0.15) is 21.5 Å². The molecule has 0 amide bonds. The Morgan fingerprint density at radius 1 is 1.33 bits per heavy atom. The zero-order chi connectivity index (χ0) is 17.1. The van der Waals surface area contributed by atoms with Crippen LogP contribution in [-0.4, -0.2) is 18.0 Å². The quantitative estimate of drug-likeness (QED) is 0.466. The van der Waals surface area contributed by atoms with E-state index in [4.69, 9.17) is 25.8 Å². The van der Waals surface area contributed by atoms with Crippen LogP contribution in [0, 0.1) is 10.1 Å². The summed E-state index contributed by atoms with van der Waals surface area (Å²) in [5, 5.41) is 11.3. The Morgan fingerprint density at radius 3 is 2.92 bits per heavy atom. The third-order valence-electron chi connectivity index (χ3n) is 3.47. The molecule has 0 radical (unpaired) electrons. The van der Waals surface area contributed by atoms with Crippen LogP contribution in [0.25, 0.3) is 0 Å². The van der Waals surface area contributed by atoms with Gasteiger partial charge in [-0.15, -0.1) is 0 Å². The molecule has 0 spiro atoms. The van der Waals surface area contributed by atoms with E-state index in [1.54, 1.807) is 12.1 Å². The number of ether oxygens (including phenoxy) is 3. The van der Waals surface area contributed by atoms with Gasteiger partial charge in [0.1, 0.15) is 18.1 Å². The highest BCUT2D eigenvalue weighted by Crippen LogP contribution is 2.33. The largest absolute Gasteiger partial charge is 0.488 e. The average molecular weight is 350 g/mol. The minimum absolute atomic E-state index is 0.0988. The van der Waals surface area contributed by atoms with E-state index in [9.17, 15) is 14.9 Å². The van der Waals surface area contributed by atoms with Crippen molar-refractivity contribution in [1.82, 2.24) is 0 Å². The SMILES string of the molecule is O=Cc1cc([N+](=O)[O-])ccc1OCc1cc(Cl)cc2c1OCOC2. The highest BCUT2D eigenvalue weighted by atomic mass is 35.5. The van der Waals surface area contributed by atoms with Crippen molar-refractivity contribution in [3.8, 4) is 11.5 Å². The molecule has 0 N–H and O–H groups in total. The number of carbonyl (C=O) groups is 1. The van der Waals surface area contributed by atoms with Gasteiger partial charge in [0.25, 0.3) is 5.69 Å². The van der Waals surface area contributed by atoms with Gasteiger partial charge in [-0.2, -0.15) is 0 Å². The Labute approximate surface area is 141 Å². The van der Waals surface area contributed by atoms with Crippen LogP contribution in [0.2, 0.25) is 5.02 Å². The summed E-state index contributed by atoms with van der Waals surface area (Å²) < 4.78 is 16.3. The van der Waals surface area contributed by atoms with Crippen molar-refractivity contribution in [2.24, 2.45) is 0 Å². The number of halogens is 1. The first-order valence-corrected chi connectivity index (χ1v) is 7.34. The number of nitro groups is 1. The van der Waals surface area contributed by atoms with E-state index in [-0.39, 0.29) is 30.4 Å².